The van der Waals surface area contributed by atoms with Gasteiger partial charge in [-0.2, -0.15) is 5.10 Å². The van der Waals surface area contributed by atoms with Crippen LogP contribution in [0.15, 0.2) is 71.8 Å². The normalized spacial score (nSPS) is 10.6. The summed E-state index contributed by atoms with van der Waals surface area (Å²) in [4.78, 5) is 24.4. The molecule has 0 bridgehead atoms. The quantitative estimate of drug-likeness (QED) is 0.341. The highest BCUT2D eigenvalue weighted by atomic mass is 16.5. The van der Waals surface area contributed by atoms with Gasteiger partial charge in [-0.05, 0) is 61.4 Å². The first-order valence-corrected chi connectivity index (χ1v) is 10.3. The Morgan fingerprint density at radius 3 is 2.52 bits per heavy atom. The highest BCUT2D eigenvalue weighted by Crippen LogP contribution is 2.28. The number of ether oxygens (including phenoxy) is 2. The van der Waals surface area contributed by atoms with Crippen molar-refractivity contribution in [2.24, 2.45) is 5.10 Å². The van der Waals surface area contributed by atoms with Gasteiger partial charge in [0, 0.05) is 5.69 Å². The first-order chi connectivity index (χ1) is 16.0. The largest absolute Gasteiger partial charge is 0.507 e. The van der Waals surface area contributed by atoms with E-state index in [1.54, 1.807) is 30.3 Å². The third-order valence-electron chi connectivity index (χ3n) is 4.57. The van der Waals surface area contributed by atoms with Crippen LogP contribution in [0.1, 0.15) is 28.4 Å². The van der Waals surface area contributed by atoms with Gasteiger partial charge in [0.2, 0.25) is 0 Å². The average Bonchev–Trinajstić information content (AvgIpc) is 2.80. The van der Waals surface area contributed by atoms with Crippen molar-refractivity contribution >= 4 is 23.7 Å². The molecule has 0 spiro atoms. The van der Waals surface area contributed by atoms with E-state index in [2.05, 4.69) is 15.8 Å². The molecule has 0 radical (unpaired) electrons. The zero-order valence-corrected chi connectivity index (χ0v) is 18.4. The summed E-state index contributed by atoms with van der Waals surface area (Å²) < 4.78 is 11.3. The number of hydrogen-bond acceptors (Lipinski definition) is 6. The van der Waals surface area contributed by atoms with Crippen molar-refractivity contribution in [3.63, 3.8) is 0 Å². The molecule has 0 aliphatic heterocycles. The second kappa shape index (κ2) is 11.3. The van der Waals surface area contributed by atoms with Crippen molar-refractivity contribution in [3.8, 4) is 17.2 Å². The molecule has 0 aliphatic carbocycles. The molecule has 0 aliphatic rings. The van der Waals surface area contributed by atoms with E-state index in [1.165, 1.54) is 18.3 Å². The minimum atomic E-state index is -0.533. The Hall–Kier alpha value is -4.33. The topological polar surface area (TPSA) is 109 Å². The van der Waals surface area contributed by atoms with Crippen LogP contribution in [0.4, 0.5) is 5.69 Å². The standard InChI is InChI=1S/C25H25N3O5/c1-3-32-23-14-18(15-26-28-25(31)19-9-5-7-11-21(19)29)12-13-22(23)33-16-24(30)27-20-10-6-4-8-17(20)2/h4-15,29H,3,16H2,1-2H3,(H,27,30)(H,28,31)/b26-15+. The lowest BCUT2D eigenvalue weighted by Gasteiger charge is -2.13. The molecular weight excluding hydrogens is 422 g/mol. The van der Waals surface area contributed by atoms with Gasteiger partial charge < -0.3 is 19.9 Å². The zero-order chi connectivity index (χ0) is 23.6. The molecule has 8 nitrogen and oxygen atoms in total. The molecule has 3 aromatic rings. The van der Waals surface area contributed by atoms with E-state index in [0.717, 1.165) is 11.3 Å². The molecule has 0 atom stereocenters. The van der Waals surface area contributed by atoms with Crippen LogP contribution in [0.5, 0.6) is 17.2 Å². The highest BCUT2D eigenvalue weighted by molar-refractivity contribution is 5.97. The summed E-state index contributed by atoms with van der Waals surface area (Å²) in [5.74, 6) is -0.0978. The predicted octanol–water partition coefficient (Wildman–Crippen LogP) is 3.88. The van der Waals surface area contributed by atoms with Gasteiger partial charge in [0.1, 0.15) is 5.75 Å². The Labute approximate surface area is 191 Å². The lowest BCUT2D eigenvalue weighted by molar-refractivity contribution is -0.118. The van der Waals surface area contributed by atoms with Crippen LogP contribution < -0.4 is 20.2 Å². The Morgan fingerprint density at radius 2 is 1.76 bits per heavy atom. The number of rotatable bonds is 9. The summed E-state index contributed by atoms with van der Waals surface area (Å²) >= 11 is 0. The van der Waals surface area contributed by atoms with Gasteiger partial charge in [0.25, 0.3) is 11.8 Å². The van der Waals surface area contributed by atoms with E-state index >= 15 is 0 Å². The molecule has 3 rings (SSSR count). The molecule has 2 amide bonds. The summed E-state index contributed by atoms with van der Waals surface area (Å²) in [6.07, 6.45) is 1.44. The Balaban J connectivity index is 1.62. The van der Waals surface area contributed by atoms with Crippen LogP contribution in [0.25, 0.3) is 0 Å². The first-order valence-electron chi connectivity index (χ1n) is 10.3. The highest BCUT2D eigenvalue weighted by Gasteiger charge is 2.11. The zero-order valence-electron chi connectivity index (χ0n) is 18.4. The summed E-state index contributed by atoms with van der Waals surface area (Å²) in [7, 11) is 0. The number of benzene rings is 3. The van der Waals surface area contributed by atoms with Gasteiger partial charge >= 0.3 is 0 Å². The maximum absolute atomic E-state index is 12.3. The van der Waals surface area contributed by atoms with Crippen LogP contribution in [0, 0.1) is 6.92 Å². The molecule has 3 N–H and O–H groups in total. The summed E-state index contributed by atoms with van der Waals surface area (Å²) in [5.41, 5.74) is 4.82. The van der Waals surface area contributed by atoms with Crippen LogP contribution in [0.3, 0.4) is 0 Å². The third kappa shape index (κ3) is 6.57. The van der Waals surface area contributed by atoms with Gasteiger partial charge in [-0.25, -0.2) is 5.43 Å². The van der Waals surface area contributed by atoms with Crippen molar-refractivity contribution < 1.29 is 24.2 Å². The number of phenols is 1. The Morgan fingerprint density at radius 1 is 1.00 bits per heavy atom. The Bertz CT molecular complexity index is 1160. The minimum absolute atomic E-state index is 0.123. The predicted molar refractivity (Wildman–Crippen MR) is 126 cm³/mol. The number of carbonyl (C=O) groups is 2. The van der Waals surface area contributed by atoms with Crippen molar-refractivity contribution in [2.45, 2.75) is 13.8 Å². The molecule has 0 heterocycles. The molecule has 33 heavy (non-hydrogen) atoms. The number of carbonyl (C=O) groups excluding carboxylic acids is 2. The van der Waals surface area contributed by atoms with E-state index in [1.807, 2.05) is 38.1 Å². The number of phenolic OH excluding ortho intramolecular Hbond substituents is 1. The lowest BCUT2D eigenvalue weighted by atomic mass is 10.2. The number of nitrogens with one attached hydrogen (secondary N) is 2. The number of para-hydroxylation sites is 2. The van der Waals surface area contributed by atoms with Crippen LogP contribution in [0.2, 0.25) is 0 Å². The summed E-state index contributed by atoms with van der Waals surface area (Å²) in [6, 6.07) is 18.7. The number of anilines is 1. The molecule has 3 aromatic carbocycles. The fourth-order valence-corrected chi connectivity index (χ4v) is 2.93. The van der Waals surface area contributed by atoms with E-state index in [0.29, 0.717) is 23.7 Å². The van der Waals surface area contributed by atoms with Gasteiger partial charge in [0.15, 0.2) is 18.1 Å². The smallest absolute Gasteiger partial charge is 0.275 e. The third-order valence-corrected chi connectivity index (χ3v) is 4.57. The summed E-state index contributed by atoms with van der Waals surface area (Å²) in [5, 5.41) is 16.5. The maximum Gasteiger partial charge on any atom is 0.275 e. The van der Waals surface area contributed by atoms with E-state index in [9.17, 15) is 14.7 Å². The van der Waals surface area contributed by atoms with Gasteiger partial charge in [-0.3, -0.25) is 9.59 Å². The van der Waals surface area contributed by atoms with Gasteiger partial charge in [0.05, 0.1) is 18.4 Å². The monoisotopic (exact) mass is 447 g/mol. The minimum Gasteiger partial charge on any atom is -0.507 e. The fourth-order valence-electron chi connectivity index (χ4n) is 2.93. The SMILES string of the molecule is CCOc1cc(/C=N/NC(=O)c2ccccc2O)ccc1OCC(=O)Nc1ccccc1C. The number of nitrogens with zero attached hydrogens (tertiary/aromatic N) is 1. The average molecular weight is 447 g/mol. The lowest BCUT2D eigenvalue weighted by Crippen LogP contribution is -2.20. The molecule has 0 saturated carbocycles. The second-order valence-corrected chi connectivity index (χ2v) is 7.01. The molecule has 0 fully saturated rings. The summed E-state index contributed by atoms with van der Waals surface area (Å²) in [6.45, 7) is 3.96. The van der Waals surface area contributed by atoms with E-state index < -0.39 is 5.91 Å². The number of aromatic hydroxyl groups is 1. The van der Waals surface area contributed by atoms with Crippen molar-refractivity contribution in [1.82, 2.24) is 5.43 Å². The molecule has 0 unspecified atom stereocenters. The molecule has 0 saturated heterocycles. The molecule has 170 valence electrons. The second-order valence-electron chi connectivity index (χ2n) is 7.01. The van der Waals surface area contributed by atoms with Crippen LogP contribution in [-0.4, -0.2) is 36.3 Å². The number of aryl methyl sites for hydroxylation is 1. The number of hydrogen-bond donors (Lipinski definition) is 3. The van der Waals surface area contributed by atoms with Crippen molar-refractivity contribution in [1.29, 1.82) is 0 Å². The van der Waals surface area contributed by atoms with Gasteiger partial charge in [-0.15, -0.1) is 0 Å². The van der Waals surface area contributed by atoms with Crippen molar-refractivity contribution in [3.05, 3.63) is 83.4 Å². The van der Waals surface area contributed by atoms with Crippen LogP contribution in [-0.2, 0) is 4.79 Å². The molecular formula is C25H25N3O5. The van der Waals surface area contributed by atoms with Crippen molar-refractivity contribution in [2.75, 3.05) is 18.5 Å². The van der Waals surface area contributed by atoms with E-state index in [-0.39, 0.29) is 23.8 Å². The number of amides is 2. The Kier molecular flexibility index (Phi) is 8.02. The molecule has 0 aromatic heterocycles. The number of hydrazone groups is 1. The van der Waals surface area contributed by atoms with Gasteiger partial charge in [-0.1, -0.05) is 30.3 Å². The van der Waals surface area contributed by atoms with Crippen LogP contribution >= 0.6 is 0 Å². The fraction of sp³-hybridized carbons (Fsp3) is 0.160. The molecule has 8 heteroatoms. The maximum atomic E-state index is 12.3. The van der Waals surface area contributed by atoms with E-state index in [4.69, 9.17) is 9.47 Å². The first kappa shape index (κ1) is 23.3.